The van der Waals surface area contributed by atoms with E-state index in [1.807, 2.05) is 17.0 Å². The SMILES string of the molecule is CCc1ccc(C2CCCN2C(=O)COC2CCCC2)o1. The van der Waals surface area contributed by atoms with Crippen molar-refractivity contribution in [2.75, 3.05) is 13.2 Å². The first kappa shape index (κ1) is 14.6. The van der Waals surface area contributed by atoms with Crippen LogP contribution in [0.1, 0.15) is 63.0 Å². The lowest BCUT2D eigenvalue weighted by molar-refractivity contribution is -0.139. The fourth-order valence-corrected chi connectivity index (χ4v) is 3.45. The van der Waals surface area contributed by atoms with E-state index >= 15 is 0 Å². The third-order valence-corrected chi connectivity index (χ3v) is 4.68. The van der Waals surface area contributed by atoms with Gasteiger partial charge in [0.2, 0.25) is 5.91 Å². The van der Waals surface area contributed by atoms with Crippen molar-refractivity contribution in [3.8, 4) is 0 Å². The van der Waals surface area contributed by atoms with E-state index in [9.17, 15) is 4.79 Å². The Labute approximate surface area is 126 Å². The van der Waals surface area contributed by atoms with Crippen LogP contribution in [0.25, 0.3) is 0 Å². The van der Waals surface area contributed by atoms with Crippen LogP contribution in [-0.2, 0) is 16.0 Å². The first-order valence-electron chi connectivity index (χ1n) is 8.27. The average Bonchev–Trinajstić information content (AvgIpc) is 3.23. The second-order valence-electron chi connectivity index (χ2n) is 6.12. The van der Waals surface area contributed by atoms with Gasteiger partial charge < -0.3 is 14.1 Å². The Bertz CT molecular complexity index is 476. The highest BCUT2D eigenvalue weighted by molar-refractivity contribution is 5.78. The maximum absolute atomic E-state index is 12.4. The predicted octanol–water partition coefficient (Wildman–Crippen LogP) is 3.46. The van der Waals surface area contributed by atoms with Gasteiger partial charge in [0.1, 0.15) is 18.1 Å². The van der Waals surface area contributed by atoms with Gasteiger partial charge in [-0.05, 0) is 37.8 Å². The van der Waals surface area contributed by atoms with Crippen LogP contribution < -0.4 is 0 Å². The zero-order chi connectivity index (χ0) is 14.7. The van der Waals surface area contributed by atoms with Gasteiger partial charge in [-0.15, -0.1) is 0 Å². The summed E-state index contributed by atoms with van der Waals surface area (Å²) in [4.78, 5) is 14.4. The van der Waals surface area contributed by atoms with Crippen molar-refractivity contribution in [3.63, 3.8) is 0 Å². The van der Waals surface area contributed by atoms with E-state index in [-0.39, 0.29) is 18.6 Å². The van der Waals surface area contributed by atoms with E-state index in [0.29, 0.717) is 6.10 Å². The molecule has 0 aromatic carbocycles. The van der Waals surface area contributed by atoms with Crippen LogP contribution in [0, 0.1) is 0 Å². The zero-order valence-electron chi connectivity index (χ0n) is 12.8. The van der Waals surface area contributed by atoms with Gasteiger partial charge in [-0.1, -0.05) is 19.8 Å². The zero-order valence-corrected chi connectivity index (χ0v) is 12.8. The molecule has 1 unspecified atom stereocenters. The number of nitrogens with zero attached hydrogens (tertiary/aromatic N) is 1. The maximum atomic E-state index is 12.4. The summed E-state index contributed by atoms with van der Waals surface area (Å²) in [6, 6.07) is 4.14. The van der Waals surface area contributed by atoms with E-state index < -0.39 is 0 Å². The number of hydrogen-bond donors (Lipinski definition) is 0. The van der Waals surface area contributed by atoms with Crippen LogP contribution in [0.3, 0.4) is 0 Å². The van der Waals surface area contributed by atoms with Crippen molar-refractivity contribution in [2.24, 2.45) is 0 Å². The summed E-state index contributed by atoms with van der Waals surface area (Å²) < 4.78 is 11.6. The molecule has 4 heteroatoms. The average molecular weight is 291 g/mol. The van der Waals surface area contributed by atoms with Crippen LogP contribution in [0.5, 0.6) is 0 Å². The number of furan rings is 1. The minimum Gasteiger partial charge on any atom is -0.464 e. The fraction of sp³-hybridized carbons (Fsp3) is 0.706. The molecule has 1 saturated carbocycles. The lowest BCUT2D eigenvalue weighted by Crippen LogP contribution is -2.34. The summed E-state index contributed by atoms with van der Waals surface area (Å²) in [5.74, 6) is 2.03. The van der Waals surface area contributed by atoms with Crippen molar-refractivity contribution in [1.29, 1.82) is 0 Å². The number of hydrogen-bond acceptors (Lipinski definition) is 3. The Hall–Kier alpha value is -1.29. The molecule has 2 heterocycles. The highest BCUT2D eigenvalue weighted by Crippen LogP contribution is 2.33. The van der Waals surface area contributed by atoms with Crippen molar-refractivity contribution < 1.29 is 13.9 Å². The van der Waals surface area contributed by atoms with Crippen molar-refractivity contribution in [1.82, 2.24) is 4.90 Å². The Morgan fingerprint density at radius 1 is 1.29 bits per heavy atom. The number of carbonyl (C=O) groups is 1. The van der Waals surface area contributed by atoms with E-state index in [2.05, 4.69) is 6.92 Å². The van der Waals surface area contributed by atoms with Gasteiger partial charge >= 0.3 is 0 Å². The molecular formula is C17H25NO3. The first-order valence-corrected chi connectivity index (χ1v) is 8.27. The molecule has 1 aromatic heterocycles. The number of carbonyl (C=O) groups excluding carboxylic acids is 1. The van der Waals surface area contributed by atoms with Crippen molar-refractivity contribution >= 4 is 5.91 Å². The van der Waals surface area contributed by atoms with Crippen LogP contribution in [0.15, 0.2) is 16.5 Å². The molecule has 0 bridgehead atoms. The molecule has 1 saturated heterocycles. The van der Waals surface area contributed by atoms with Gasteiger partial charge in [0, 0.05) is 13.0 Å². The number of rotatable bonds is 5. The van der Waals surface area contributed by atoms with Crippen LogP contribution in [-0.4, -0.2) is 30.1 Å². The maximum Gasteiger partial charge on any atom is 0.249 e. The number of likely N-dealkylation sites (tertiary alicyclic amines) is 1. The van der Waals surface area contributed by atoms with Gasteiger partial charge in [-0.3, -0.25) is 4.79 Å². The van der Waals surface area contributed by atoms with Gasteiger partial charge in [0.15, 0.2) is 0 Å². The Kier molecular flexibility index (Phi) is 4.63. The molecule has 0 N–H and O–H groups in total. The van der Waals surface area contributed by atoms with Crippen LogP contribution >= 0.6 is 0 Å². The van der Waals surface area contributed by atoms with Crippen molar-refractivity contribution in [3.05, 3.63) is 23.7 Å². The molecule has 2 aliphatic rings. The standard InChI is InChI=1S/C17H25NO3/c1-2-13-9-10-16(21-13)15-8-5-11-18(15)17(19)12-20-14-6-3-4-7-14/h9-10,14-15H,2-8,11-12H2,1H3. The minimum absolute atomic E-state index is 0.102. The minimum atomic E-state index is 0.102. The predicted molar refractivity (Wildman–Crippen MR) is 80.0 cm³/mol. The van der Waals surface area contributed by atoms with Crippen LogP contribution in [0.4, 0.5) is 0 Å². The van der Waals surface area contributed by atoms with E-state index in [4.69, 9.17) is 9.15 Å². The Morgan fingerprint density at radius 2 is 2.10 bits per heavy atom. The summed E-state index contributed by atoms with van der Waals surface area (Å²) in [6.45, 7) is 3.12. The van der Waals surface area contributed by atoms with Gasteiger partial charge in [-0.2, -0.15) is 0 Å². The third kappa shape index (κ3) is 3.31. The summed E-state index contributed by atoms with van der Waals surface area (Å²) in [5.41, 5.74) is 0. The normalized spacial score (nSPS) is 23.1. The molecule has 4 nitrogen and oxygen atoms in total. The molecule has 1 aliphatic heterocycles. The number of ether oxygens (including phenoxy) is 1. The molecule has 1 atom stereocenters. The van der Waals surface area contributed by atoms with Gasteiger partial charge in [-0.25, -0.2) is 0 Å². The van der Waals surface area contributed by atoms with Gasteiger partial charge in [0.25, 0.3) is 0 Å². The molecule has 1 aliphatic carbocycles. The fourth-order valence-electron chi connectivity index (χ4n) is 3.45. The van der Waals surface area contributed by atoms with Crippen LogP contribution in [0.2, 0.25) is 0 Å². The summed E-state index contributed by atoms with van der Waals surface area (Å²) >= 11 is 0. The quantitative estimate of drug-likeness (QED) is 0.834. The summed E-state index contributed by atoms with van der Waals surface area (Å²) in [6.07, 6.45) is 7.91. The topological polar surface area (TPSA) is 42.7 Å². The van der Waals surface area contributed by atoms with E-state index in [1.54, 1.807) is 0 Å². The molecule has 3 rings (SSSR count). The Balaban J connectivity index is 1.58. The monoisotopic (exact) mass is 291 g/mol. The van der Waals surface area contributed by atoms with E-state index in [1.165, 1.54) is 12.8 Å². The second kappa shape index (κ2) is 6.65. The molecule has 1 aromatic rings. The molecular weight excluding hydrogens is 266 g/mol. The molecule has 21 heavy (non-hydrogen) atoms. The Morgan fingerprint density at radius 3 is 2.81 bits per heavy atom. The molecule has 116 valence electrons. The molecule has 2 fully saturated rings. The second-order valence-corrected chi connectivity index (χ2v) is 6.12. The molecule has 0 spiro atoms. The highest BCUT2D eigenvalue weighted by atomic mass is 16.5. The highest BCUT2D eigenvalue weighted by Gasteiger charge is 2.32. The largest absolute Gasteiger partial charge is 0.464 e. The molecule has 1 amide bonds. The lowest BCUT2D eigenvalue weighted by Gasteiger charge is -2.24. The third-order valence-electron chi connectivity index (χ3n) is 4.68. The van der Waals surface area contributed by atoms with Crippen molar-refractivity contribution in [2.45, 2.75) is 64.0 Å². The van der Waals surface area contributed by atoms with E-state index in [0.717, 1.165) is 50.2 Å². The molecule has 0 radical (unpaired) electrons. The lowest BCUT2D eigenvalue weighted by atomic mass is 10.1. The number of amides is 1. The first-order chi connectivity index (χ1) is 10.3. The smallest absolute Gasteiger partial charge is 0.249 e. The number of aryl methyl sites for hydroxylation is 1. The summed E-state index contributed by atoms with van der Waals surface area (Å²) in [5, 5.41) is 0. The summed E-state index contributed by atoms with van der Waals surface area (Å²) in [7, 11) is 0. The van der Waals surface area contributed by atoms with Gasteiger partial charge in [0.05, 0.1) is 12.1 Å².